The van der Waals surface area contributed by atoms with Gasteiger partial charge in [-0.3, -0.25) is 4.90 Å². The normalized spacial score (nSPS) is 15.8. The van der Waals surface area contributed by atoms with E-state index in [0.29, 0.717) is 18.3 Å². The summed E-state index contributed by atoms with van der Waals surface area (Å²) in [7, 11) is 0. The number of nitrogens with one attached hydrogen (secondary N) is 1. The fourth-order valence-electron chi connectivity index (χ4n) is 4.41. The maximum absolute atomic E-state index is 13.3. The van der Waals surface area contributed by atoms with Gasteiger partial charge in [-0.15, -0.1) is 11.8 Å². The van der Waals surface area contributed by atoms with Crippen molar-refractivity contribution in [3.8, 4) is 11.4 Å². The molecule has 1 aliphatic rings. The Morgan fingerprint density at radius 1 is 0.972 bits per heavy atom. The number of aryl methyl sites for hydroxylation is 2. The topological polar surface area (TPSA) is 71.3 Å². The number of hydrogen-bond donors (Lipinski definition) is 1. The van der Waals surface area contributed by atoms with E-state index in [1.54, 1.807) is 16.7 Å². The first-order valence-electron chi connectivity index (χ1n) is 11.8. The van der Waals surface area contributed by atoms with Gasteiger partial charge in [-0.25, -0.2) is 4.79 Å². The van der Waals surface area contributed by atoms with Gasteiger partial charge in [-0.1, -0.05) is 70.9 Å². The van der Waals surface area contributed by atoms with Gasteiger partial charge in [0.25, 0.3) is 5.89 Å². The van der Waals surface area contributed by atoms with E-state index in [2.05, 4.69) is 41.7 Å². The Morgan fingerprint density at radius 3 is 2.42 bits per heavy atom. The minimum Gasteiger partial charge on any atom is -0.334 e. The molecule has 0 spiro atoms. The van der Waals surface area contributed by atoms with Gasteiger partial charge in [0.15, 0.2) is 0 Å². The molecular weight excluding hydrogens is 468 g/mol. The Hall–Kier alpha value is -3.84. The van der Waals surface area contributed by atoms with E-state index in [1.807, 2.05) is 68.6 Å². The summed E-state index contributed by atoms with van der Waals surface area (Å²) in [6, 6.07) is 23.8. The molecule has 0 aliphatic carbocycles. The zero-order chi connectivity index (χ0) is 25.2. The van der Waals surface area contributed by atoms with Crippen molar-refractivity contribution in [2.45, 2.75) is 38.3 Å². The maximum Gasteiger partial charge on any atom is 0.322 e. The number of nitrogens with zero attached hydrogens (tertiary/aromatic N) is 3. The second-order valence-corrected chi connectivity index (χ2v) is 9.90. The first-order chi connectivity index (χ1) is 17.4. The molecule has 1 atom stereocenters. The van der Waals surface area contributed by atoms with E-state index in [1.165, 1.54) is 5.56 Å². The minimum atomic E-state index is -0.409. The van der Waals surface area contributed by atoms with Crippen LogP contribution in [-0.2, 0) is 6.54 Å². The van der Waals surface area contributed by atoms with Gasteiger partial charge in [-0.05, 0) is 56.4 Å². The van der Waals surface area contributed by atoms with E-state index in [-0.39, 0.29) is 6.03 Å². The van der Waals surface area contributed by atoms with Crippen molar-refractivity contribution in [2.24, 2.45) is 0 Å². The Bertz CT molecular complexity index is 1420. The van der Waals surface area contributed by atoms with E-state index >= 15 is 0 Å². The molecule has 4 aromatic rings. The molecule has 7 heteroatoms. The van der Waals surface area contributed by atoms with Crippen molar-refractivity contribution in [1.29, 1.82) is 0 Å². The first kappa shape index (κ1) is 23.9. The van der Waals surface area contributed by atoms with E-state index in [4.69, 9.17) is 9.51 Å². The molecule has 2 heterocycles. The number of urea groups is 1. The Labute approximate surface area is 215 Å². The third-order valence-electron chi connectivity index (χ3n) is 6.44. The van der Waals surface area contributed by atoms with Gasteiger partial charge in [0.2, 0.25) is 5.82 Å². The molecule has 0 bridgehead atoms. The van der Waals surface area contributed by atoms with Crippen LogP contribution in [0.3, 0.4) is 0 Å². The SMILES string of the molecule is CSc1ccc(C2NC(=O)N(Cc3ccc(C)cc3)C(C)=C2c2nc(-c3cccc(C)c3)no2)cc1. The van der Waals surface area contributed by atoms with Gasteiger partial charge in [0.05, 0.1) is 18.2 Å². The van der Waals surface area contributed by atoms with Crippen LogP contribution >= 0.6 is 11.8 Å². The van der Waals surface area contributed by atoms with Crippen molar-refractivity contribution >= 4 is 23.4 Å². The molecule has 0 saturated carbocycles. The molecule has 0 fully saturated rings. The van der Waals surface area contributed by atoms with Crippen molar-refractivity contribution < 1.29 is 9.32 Å². The molecule has 36 heavy (non-hydrogen) atoms. The molecule has 0 radical (unpaired) electrons. The van der Waals surface area contributed by atoms with Crippen LogP contribution in [0.2, 0.25) is 0 Å². The van der Waals surface area contributed by atoms with Gasteiger partial charge in [0.1, 0.15) is 0 Å². The summed E-state index contributed by atoms with van der Waals surface area (Å²) in [6.45, 7) is 6.47. The average molecular weight is 497 g/mol. The largest absolute Gasteiger partial charge is 0.334 e. The summed E-state index contributed by atoms with van der Waals surface area (Å²) in [6.07, 6.45) is 2.04. The molecule has 1 aromatic heterocycles. The van der Waals surface area contributed by atoms with Crippen LogP contribution in [0.1, 0.15) is 41.1 Å². The predicted molar refractivity (Wildman–Crippen MR) is 143 cm³/mol. The number of allylic oxidation sites excluding steroid dienone is 1. The summed E-state index contributed by atoms with van der Waals surface area (Å²) >= 11 is 1.68. The lowest BCUT2D eigenvalue weighted by Gasteiger charge is -2.35. The fraction of sp³-hybridized carbons (Fsp3) is 0.207. The quantitative estimate of drug-likeness (QED) is 0.298. The van der Waals surface area contributed by atoms with E-state index in [0.717, 1.165) is 38.4 Å². The van der Waals surface area contributed by atoms with Crippen LogP contribution in [-0.4, -0.2) is 27.3 Å². The maximum atomic E-state index is 13.3. The summed E-state index contributed by atoms with van der Waals surface area (Å²) in [5.74, 6) is 0.921. The summed E-state index contributed by atoms with van der Waals surface area (Å²) < 4.78 is 5.81. The van der Waals surface area contributed by atoms with Crippen LogP contribution in [0.5, 0.6) is 0 Å². The molecule has 1 N–H and O–H groups in total. The summed E-state index contributed by atoms with van der Waals surface area (Å²) in [5, 5.41) is 7.46. The Morgan fingerprint density at radius 2 is 1.72 bits per heavy atom. The lowest BCUT2D eigenvalue weighted by molar-refractivity contribution is 0.203. The third kappa shape index (κ3) is 4.79. The molecule has 2 amide bonds. The standard InChI is InChI=1S/C29H28N4O2S/c1-18-8-10-21(11-9-18)17-33-20(3)25(26(30-29(33)34)22-12-14-24(36-4)15-13-22)28-31-27(32-35-28)23-7-5-6-19(2)16-23/h5-16,26H,17H2,1-4H3,(H,30,34). The lowest BCUT2D eigenvalue weighted by atomic mass is 9.94. The molecule has 182 valence electrons. The zero-order valence-corrected chi connectivity index (χ0v) is 21.6. The lowest BCUT2D eigenvalue weighted by Crippen LogP contribution is -2.45. The highest BCUT2D eigenvalue weighted by atomic mass is 32.2. The number of carbonyl (C=O) groups is 1. The molecular formula is C29H28N4O2S. The Balaban J connectivity index is 1.59. The first-order valence-corrected chi connectivity index (χ1v) is 13.0. The van der Waals surface area contributed by atoms with Gasteiger partial charge in [0, 0.05) is 16.2 Å². The van der Waals surface area contributed by atoms with E-state index < -0.39 is 6.04 Å². The van der Waals surface area contributed by atoms with Crippen LogP contribution in [0.25, 0.3) is 17.0 Å². The average Bonchev–Trinajstić information content (AvgIpc) is 3.37. The second kappa shape index (κ2) is 10.0. The van der Waals surface area contributed by atoms with Crippen molar-refractivity contribution in [3.63, 3.8) is 0 Å². The number of amides is 2. The van der Waals surface area contributed by atoms with Crippen LogP contribution in [0, 0.1) is 13.8 Å². The van der Waals surface area contributed by atoms with Crippen molar-refractivity contribution in [3.05, 3.63) is 107 Å². The highest BCUT2D eigenvalue weighted by molar-refractivity contribution is 7.98. The zero-order valence-electron chi connectivity index (χ0n) is 20.8. The summed E-state index contributed by atoms with van der Waals surface area (Å²) in [5.41, 5.74) is 6.78. The molecule has 1 aliphatic heterocycles. The number of hydrogen-bond acceptors (Lipinski definition) is 5. The van der Waals surface area contributed by atoms with Gasteiger partial charge < -0.3 is 9.84 Å². The molecule has 5 rings (SSSR count). The third-order valence-corrected chi connectivity index (χ3v) is 7.18. The highest BCUT2D eigenvalue weighted by Gasteiger charge is 2.35. The number of benzene rings is 3. The van der Waals surface area contributed by atoms with Crippen molar-refractivity contribution in [2.75, 3.05) is 6.26 Å². The van der Waals surface area contributed by atoms with E-state index in [9.17, 15) is 4.79 Å². The Kier molecular flexibility index (Phi) is 6.65. The monoisotopic (exact) mass is 496 g/mol. The predicted octanol–water partition coefficient (Wildman–Crippen LogP) is 6.77. The number of aromatic nitrogens is 2. The van der Waals surface area contributed by atoms with Crippen LogP contribution in [0.15, 0.2) is 87.9 Å². The number of carbonyl (C=O) groups excluding carboxylic acids is 1. The summed E-state index contributed by atoms with van der Waals surface area (Å²) in [4.78, 5) is 21.0. The minimum absolute atomic E-state index is 0.158. The van der Waals surface area contributed by atoms with Crippen molar-refractivity contribution in [1.82, 2.24) is 20.4 Å². The molecule has 3 aromatic carbocycles. The van der Waals surface area contributed by atoms with Crippen LogP contribution < -0.4 is 5.32 Å². The van der Waals surface area contributed by atoms with Gasteiger partial charge in [-0.2, -0.15) is 4.98 Å². The van der Waals surface area contributed by atoms with Gasteiger partial charge >= 0.3 is 6.03 Å². The fourth-order valence-corrected chi connectivity index (χ4v) is 4.81. The number of thioether (sulfide) groups is 1. The van der Waals surface area contributed by atoms with Crippen LogP contribution in [0.4, 0.5) is 4.79 Å². The highest BCUT2D eigenvalue weighted by Crippen LogP contribution is 2.38. The molecule has 1 unspecified atom stereocenters. The molecule has 0 saturated heterocycles. The number of rotatable bonds is 6. The molecule has 6 nitrogen and oxygen atoms in total. The second-order valence-electron chi connectivity index (χ2n) is 9.02. The smallest absolute Gasteiger partial charge is 0.322 e.